The van der Waals surface area contributed by atoms with Gasteiger partial charge in [-0.05, 0) is 0 Å². The van der Waals surface area contributed by atoms with Gasteiger partial charge in [0.15, 0.2) is 0 Å². The standard InChI is InChI=1S/2K.H2O8S2.H2O5S/c;;1-9(2,3)7-8-10(4,5)6;1-5-6(2,3)4/h;;(H,1,2,3)(H,4,5,6);1H,(H,2,3,4)/q2*+1;;/p-2. The molecule has 100 valence electrons. The summed E-state index contributed by atoms with van der Waals surface area (Å²) < 4.78 is 89.4. The minimum Gasteiger partial charge on any atom is -0.724 e. The van der Waals surface area contributed by atoms with Gasteiger partial charge in [0.25, 0.3) is 0 Å². The van der Waals surface area contributed by atoms with Gasteiger partial charge in [-0.3, -0.25) is 4.55 Å². The maximum absolute atomic E-state index is 9.48. The molecular formula is H2K2O13S3. The Kier molecular flexibility index (Phi) is 19.9. The van der Waals surface area contributed by atoms with Crippen molar-refractivity contribution in [2.45, 2.75) is 0 Å². The topological polar surface area (TPSA) is 217 Å². The van der Waals surface area contributed by atoms with E-state index in [-0.39, 0.29) is 103 Å². The molecule has 0 aliphatic rings. The average molecular weight is 384 g/mol. The van der Waals surface area contributed by atoms with Gasteiger partial charge in [0.2, 0.25) is 20.8 Å². The summed E-state index contributed by atoms with van der Waals surface area (Å²) in [5, 5.41) is 7.00. The minimum absolute atomic E-state index is 0. The molecule has 0 fully saturated rings. The van der Waals surface area contributed by atoms with Gasteiger partial charge in [0.05, 0.1) is 0 Å². The summed E-state index contributed by atoms with van der Waals surface area (Å²) in [7, 11) is -15.2. The van der Waals surface area contributed by atoms with E-state index in [9.17, 15) is 21.4 Å². The largest absolute Gasteiger partial charge is 1.00 e. The molecule has 18 heavy (non-hydrogen) atoms. The van der Waals surface area contributed by atoms with E-state index < -0.39 is 31.2 Å². The van der Waals surface area contributed by atoms with Gasteiger partial charge in [0, 0.05) is 0 Å². The fourth-order valence-electron chi connectivity index (χ4n) is 0.0691. The van der Waals surface area contributed by atoms with Gasteiger partial charge in [-0.2, -0.15) is 8.42 Å². The number of hydrogen-bond acceptors (Lipinski definition) is 12. The van der Waals surface area contributed by atoms with Crippen LogP contribution >= 0.6 is 0 Å². The van der Waals surface area contributed by atoms with E-state index in [0.29, 0.717) is 0 Å². The maximum Gasteiger partial charge on any atom is 1.00 e. The quantitative estimate of drug-likeness (QED) is 0.151. The third kappa shape index (κ3) is 36.4. The third-order valence-corrected chi connectivity index (χ3v) is 1.03. The Labute approximate surface area is 187 Å². The second-order valence-electron chi connectivity index (χ2n) is 1.45. The Hall–Kier alpha value is 2.84. The molecule has 0 saturated heterocycles. The molecule has 0 saturated carbocycles. The predicted molar refractivity (Wildman–Crippen MR) is 36.8 cm³/mol. The van der Waals surface area contributed by atoms with Crippen molar-refractivity contribution in [2.75, 3.05) is 0 Å². The Morgan fingerprint density at radius 3 is 1.11 bits per heavy atom. The molecule has 0 amide bonds. The van der Waals surface area contributed by atoms with Crippen molar-refractivity contribution in [3.05, 3.63) is 0 Å². The van der Waals surface area contributed by atoms with Crippen LogP contribution in [0.5, 0.6) is 0 Å². The summed E-state index contributed by atoms with van der Waals surface area (Å²) in [6.45, 7) is 0. The Morgan fingerprint density at radius 1 is 0.778 bits per heavy atom. The van der Waals surface area contributed by atoms with Crippen LogP contribution in [0, 0.1) is 0 Å². The monoisotopic (exact) mass is 384 g/mol. The second kappa shape index (κ2) is 12.4. The van der Waals surface area contributed by atoms with Crippen LogP contribution in [0.1, 0.15) is 0 Å². The summed E-state index contributed by atoms with van der Waals surface area (Å²) in [5.74, 6) is 0. The van der Waals surface area contributed by atoms with Crippen LogP contribution in [0.3, 0.4) is 0 Å². The average Bonchev–Trinajstić information content (AvgIpc) is 1.98. The number of hydrogen-bond donors (Lipinski definition) is 2. The summed E-state index contributed by atoms with van der Waals surface area (Å²) >= 11 is 0. The Balaban J connectivity index is -0.000000108. The molecule has 13 nitrogen and oxygen atoms in total. The van der Waals surface area contributed by atoms with Crippen molar-refractivity contribution in [2.24, 2.45) is 0 Å². The molecule has 0 aliphatic heterocycles. The molecule has 0 aromatic heterocycles. The zero-order chi connectivity index (χ0) is 13.6. The summed E-state index contributed by atoms with van der Waals surface area (Å²) in [4.78, 5) is 0. The molecule has 0 aromatic carbocycles. The van der Waals surface area contributed by atoms with E-state index >= 15 is 0 Å². The van der Waals surface area contributed by atoms with E-state index in [1.807, 2.05) is 0 Å². The maximum atomic E-state index is 9.48. The smallest absolute Gasteiger partial charge is 0.724 e. The second-order valence-corrected chi connectivity index (χ2v) is 4.36. The molecule has 0 aliphatic carbocycles. The molecule has 0 rings (SSSR count). The fourth-order valence-corrected chi connectivity index (χ4v) is 0.622. The van der Waals surface area contributed by atoms with E-state index in [1.165, 1.54) is 0 Å². The SMILES string of the molecule is O=S(=O)([O-])OO.O=S(=O)([O-])OOS(=O)(=O)O.[K+].[K+]. The van der Waals surface area contributed by atoms with Crippen molar-refractivity contribution >= 4 is 31.2 Å². The van der Waals surface area contributed by atoms with Crippen LogP contribution in [0.4, 0.5) is 0 Å². The van der Waals surface area contributed by atoms with E-state index in [4.69, 9.17) is 22.8 Å². The van der Waals surface area contributed by atoms with E-state index in [1.54, 1.807) is 0 Å². The zero-order valence-corrected chi connectivity index (χ0v) is 17.3. The fraction of sp³-hybridized carbons (Fsp3) is 0. The van der Waals surface area contributed by atoms with Gasteiger partial charge in [-0.25, -0.2) is 22.1 Å². The molecule has 18 heteroatoms. The zero-order valence-electron chi connectivity index (χ0n) is 8.61. The van der Waals surface area contributed by atoms with E-state index in [0.717, 1.165) is 0 Å². The van der Waals surface area contributed by atoms with Crippen molar-refractivity contribution in [3.8, 4) is 0 Å². The minimum atomic E-state index is -5.27. The summed E-state index contributed by atoms with van der Waals surface area (Å²) in [6.07, 6.45) is 0. The summed E-state index contributed by atoms with van der Waals surface area (Å²) in [5.41, 5.74) is 0. The first kappa shape index (κ1) is 28.9. The van der Waals surface area contributed by atoms with Crippen LogP contribution in [0.25, 0.3) is 0 Å². The van der Waals surface area contributed by atoms with Crippen LogP contribution < -0.4 is 103 Å². The summed E-state index contributed by atoms with van der Waals surface area (Å²) in [6, 6.07) is 0. The normalized spacial score (nSPS) is 11.3. The third-order valence-electron chi connectivity index (χ3n) is 0.288. The van der Waals surface area contributed by atoms with Crippen molar-refractivity contribution in [1.82, 2.24) is 0 Å². The van der Waals surface area contributed by atoms with Gasteiger partial charge in [-0.1, -0.05) is 8.67 Å². The molecule has 0 spiro atoms. The van der Waals surface area contributed by atoms with Crippen LogP contribution in [-0.2, 0) is 44.2 Å². The van der Waals surface area contributed by atoms with Gasteiger partial charge in [-0.15, -0.1) is 4.33 Å². The Bertz CT molecular complexity index is 446. The van der Waals surface area contributed by atoms with Crippen LogP contribution in [0.15, 0.2) is 0 Å². The van der Waals surface area contributed by atoms with Crippen LogP contribution in [0.2, 0.25) is 0 Å². The molecule has 0 atom stereocenters. The van der Waals surface area contributed by atoms with Crippen molar-refractivity contribution in [3.63, 3.8) is 0 Å². The van der Waals surface area contributed by atoms with Gasteiger partial charge >= 0.3 is 113 Å². The van der Waals surface area contributed by atoms with Gasteiger partial charge in [0.1, 0.15) is 0 Å². The predicted octanol–water partition coefficient (Wildman–Crippen LogP) is -8.86. The van der Waals surface area contributed by atoms with E-state index in [2.05, 4.69) is 13.0 Å². The molecule has 0 heterocycles. The van der Waals surface area contributed by atoms with Crippen molar-refractivity contribution in [1.29, 1.82) is 0 Å². The number of rotatable bonds is 4. The first-order chi connectivity index (χ1) is 6.77. The first-order valence-corrected chi connectivity index (χ1v) is 6.40. The molecule has 2 N–H and O–H groups in total. The van der Waals surface area contributed by atoms with Gasteiger partial charge < -0.3 is 9.11 Å². The van der Waals surface area contributed by atoms with Crippen LogP contribution in [-0.4, -0.2) is 44.2 Å². The molecule has 0 radical (unpaired) electrons. The first-order valence-electron chi connectivity index (χ1n) is 2.37. The molecular weight excluding hydrogens is 382 g/mol. The van der Waals surface area contributed by atoms with Crippen molar-refractivity contribution < 1.29 is 160 Å². The Morgan fingerprint density at radius 2 is 1.06 bits per heavy atom. The molecule has 0 aromatic rings. The molecule has 0 unspecified atom stereocenters. The molecule has 0 bridgehead atoms.